The third-order valence-corrected chi connectivity index (χ3v) is 5.62. The van der Waals surface area contributed by atoms with Crippen molar-refractivity contribution in [1.82, 2.24) is 10.6 Å². The van der Waals surface area contributed by atoms with Crippen LogP contribution in [0.4, 0.5) is 10.5 Å². The first kappa shape index (κ1) is 35.6. The number of benzene rings is 1. The summed E-state index contributed by atoms with van der Waals surface area (Å²) in [5.41, 5.74) is 7.76. The topological polar surface area (TPSA) is 211 Å². The van der Waals surface area contributed by atoms with E-state index >= 15 is 0 Å². The zero-order valence-corrected chi connectivity index (χ0v) is 24.4. The van der Waals surface area contributed by atoms with Crippen molar-refractivity contribution >= 4 is 34.9 Å². The summed E-state index contributed by atoms with van der Waals surface area (Å²) in [6.07, 6.45) is -0.816. The molecule has 0 aromatic heterocycles. The lowest BCUT2D eigenvalue weighted by atomic mass is 10.1. The number of hydrogen-bond donors (Lipinski definition) is 3. The summed E-state index contributed by atoms with van der Waals surface area (Å²) in [5, 5.41) is 8.43. The summed E-state index contributed by atoms with van der Waals surface area (Å²) in [6, 6.07) is 4.25. The zero-order chi connectivity index (χ0) is 30.7. The Morgan fingerprint density at radius 1 is 1.02 bits per heavy atom. The number of nitrogens with zero attached hydrogens (tertiary/aromatic N) is 4. The number of carbonyl (C=O) groups excluding carboxylic acids is 3. The maximum atomic E-state index is 12.5. The van der Waals surface area contributed by atoms with Crippen LogP contribution in [0.15, 0.2) is 29.4 Å². The molecule has 0 fully saturated rings. The number of anilines is 1. The SMILES string of the molecule is COC(=O)C(CNC(=O)OC(C)(C)C)N(c1ccc(C(=O)NCCOCCOCCOCCN=[N+]=[N-])cc1)S(=O)O. The van der Waals surface area contributed by atoms with Crippen molar-refractivity contribution < 1.29 is 46.8 Å². The Bertz CT molecular complexity index is 1030. The number of carbonyl (C=O) groups is 3. The highest BCUT2D eigenvalue weighted by Gasteiger charge is 2.32. The van der Waals surface area contributed by atoms with Crippen LogP contribution in [0.5, 0.6) is 0 Å². The van der Waals surface area contributed by atoms with Gasteiger partial charge in [-0.05, 0) is 50.6 Å². The van der Waals surface area contributed by atoms with Gasteiger partial charge in [0.1, 0.15) is 5.60 Å². The maximum absolute atomic E-state index is 12.5. The second kappa shape index (κ2) is 19.6. The molecule has 41 heavy (non-hydrogen) atoms. The Balaban J connectivity index is 2.55. The molecule has 0 spiro atoms. The molecule has 0 aliphatic rings. The van der Waals surface area contributed by atoms with Gasteiger partial charge < -0.3 is 34.3 Å². The van der Waals surface area contributed by atoms with Crippen molar-refractivity contribution in [3.63, 3.8) is 0 Å². The zero-order valence-electron chi connectivity index (χ0n) is 23.6. The molecule has 1 rings (SSSR count). The van der Waals surface area contributed by atoms with Gasteiger partial charge in [-0.3, -0.25) is 13.7 Å². The largest absolute Gasteiger partial charge is 0.467 e. The summed E-state index contributed by atoms with van der Waals surface area (Å²) in [4.78, 5) is 39.5. The van der Waals surface area contributed by atoms with Gasteiger partial charge in [-0.1, -0.05) is 5.11 Å². The molecule has 0 aliphatic carbocycles. The van der Waals surface area contributed by atoms with E-state index in [1.54, 1.807) is 20.8 Å². The normalized spacial score (nSPS) is 12.4. The molecule has 3 N–H and O–H groups in total. The van der Waals surface area contributed by atoms with Crippen LogP contribution in [-0.2, 0) is 39.7 Å². The van der Waals surface area contributed by atoms with E-state index in [0.29, 0.717) is 33.0 Å². The second-order valence-corrected chi connectivity index (χ2v) is 9.93. The number of esters is 1. The van der Waals surface area contributed by atoms with Gasteiger partial charge in [-0.25, -0.2) is 13.8 Å². The number of amides is 2. The number of methoxy groups -OCH3 is 1. The van der Waals surface area contributed by atoms with Gasteiger partial charge in [0.05, 0.1) is 59.0 Å². The fourth-order valence-corrected chi connectivity index (χ4v) is 3.74. The standard InChI is InChI=1S/C24H38N6O10S/c1-24(2,3)40-23(33)27-17-20(22(32)36-4)30(41(34)35)19-7-5-18(6-8-19)21(31)26-9-11-37-13-15-39-16-14-38-12-10-28-29-25/h5-8,20H,9-17H2,1-4H3,(H,26,31)(H,27,33)(H,34,35). The lowest BCUT2D eigenvalue weighted by Gasteiger charge is -2.28. The number of nitrogens with one attached hydrogen (secondary N) is 2. The van der Waals surface area contributed by atoms with Crippen LogP contribution in [0.1, 0.15) is 31.1 Å². The molecular formula is C24H38N6O10S. The first-order valence-electron chi connectivity index (χ1n) is 12.6. The molecule has 0 saturated carbocycles. The number of azide groups is 1. The molecule has 0 radical (unpaired) electrons. The van der Waals surface area contributed by atoms with Gasteiger partial charge in [0, 0.05) is 23.6 Å². The van der Waals surface area contributed by atoms with Crippen LogP contribution < -0.4 is 14.9 Å². The quantitative estimate of drug-likeness (QED) is 0.0521. The molecule has 230 valence electrons. The molecule has 17 heteroatoms. The van der Waals surface area contributed by atoms with Crippen molar-refractivity contribution in [3.05, 3.63) is 40.3 Å². The molecule has 2 atom stereocenters. The van der Waals surface area contributed by atoms with Crippen molar-refractivity contribution in [2.75, 3.05) is 70.7 Å². The molecule has 2 amide bonds. The first-order valence-corrected chi connectivity index (χ1v) is 13.6. The lowest BCUT2D eigenvalue weighted by Crippen LogP contribution is -2.50. The molecule has 1 aromatic rings. The Morgan fingerprint density at radius 3 is 2.15 bits per heavy atom. The van der Waals surface area contributed by atoms with Gasteiger partial charge in [0.15, 0.2) is 6.04 Å². The Hall–Kier alpha value is -3.47. The minimum Gasteiger partial charge on any atom is -0.467 e. The van der Waals surface area contributed by atoms with Crippen LogP contribution in [0.25, 0.3) is 10.4 Å². The second-order valence-electron chi connectivity index (χ2n) is 9.07. The van der Waals surface area contributed by atoms with Gasteiger partial charge in [0.2, 0.25) is 0 Å². The number of ether oxygens (including phenoxy) is 5. The highest BCUT2D eigenvalue weighted by Crippen LogP contribution is 2.20. The van der Waals surface area contributed by atoms with E-state index in [4.69, 9.17) is 29.2 Å². The third kappa shape index (κ3) is 15.2. The average Bonchev–Trinajstić information content (AvgIpc) is 2.92. The molecule has 0 aliphatic heterocycles. The molecule has 0 heterocycles. The lowest BCUT2D eigenvalue weighted by molar-refractivity contribution is -0.141. The average molecular weight is 603 g/mol. The summed E-state index contributed by atoms with van der Waals surface area (Å²) < 4.78 is 48.7. The Kier molecular flexibility index (Phi) is 17.0. The van der Waals surface area contributed by atoms with E-state index in [-0.39, 0.29) is 37.5 Å². The molecule has 1 aromatic carbocycles. The van der Waals surface area contributed by atoms with Crippen molar-refractivity contribution in [2.24, 2.45) is 5.11 Å². The minimum absolute atomic E-state index is 0.133. The summed E-state index contributed by atoms with van der Waals surface area (Å²) in [6.45, 7) is 7.09. The monoisotopic (exact) mass is 602 g/mol. The molecule has 16 nitrogen and oxygen atoms in total. The van der Waals surface area contributed by atoms with E-state index in [0.717, 1.165) is 11.4 Å². The first-order chi connectivity index (χ1) is 19.5. The minimum atomic E-state index is -2.68. The third-order valence-electron chi connectivity index (χ3n) is 4.82. The highest BCUT2D eigenvalue weighted by molar-refractivity contribution is 7.80. The van der Waals surface area contributed by atoms with Crippen LogP contribution in [0, 0.1) is 0 Å². The summed E-state index contributed by atoms with van der Waals surface area (Å²) in [5.74, 6) is -1.27. The van der Waals surface area contributed by atoms with Crippen molar-refractivity contribution in [2.45, 2.75) is 32.4 Å². The van der Waals surface area contributed by atoms with E-state index in [1.807, 2.05) is 0 Å². The summed E-state index contributed by atoms with van der Waals surface area (Å²) >= 11 is -2.68. The predicted octanol–water partition coefficient (Wildman–Crippen LogP) is 1.79. The van der Waals surface area contributed by atoms with Gasteiger partial charge in [-0.2, -0.15) is 0 Å². The van der Waals surface area contributed by atoms with Crippen LogP contribution >= 0.6 is 0 Å². The fraction of sp³-hybridized carbons (Fsp3) is 0.625. The van der Waals surface area contributed by atoms with Gasteiger partial charge in [-0.15, -0.1) is 0 Å². The molecule has 0 bridgehead atoms. The maximum Gasteiger partial charge on any atom is 0.407 e. The van der Waals surface area contributed by atoms with E-state index in [2.05, 4.69) is 20.7 Å². The number of rotatable bonds is 19. The van der Waals surface area contributed by atoms with E-state index < -0.39 is 40.9 Å². The molecular weight excluding hydrogens is 564 g/mol. The van der Waals surface area contributed by atoms with Crippen molar-refractivity contribution in [1.29, 1.82) is 0 Å². The van der Waals surface area contributed by atoms with E-state index in [9.17, 15) is 23.1 Å². The van der Waals surface area contributed by atoms with Crippen LogP contribution in [-0.4, -0.2) is 105 Å². The smallest absolute Gasteiger partial charge is 0.407 e. The molecule has 0 saturated heterocycles. The van der Waals surface area contributed by atoms with Gasteiger partial charge in [0.25, 0.3) is 17.2 Å². The van der Waals surface area contributed by atoms with Crippen LogP contribution in [0.2, 0.25) is 0 Å². The van der Waals surface area contributed by atoms with Gasteiger partial charge >= 0.3 is 12.1 Å². The highest BCUT2D eigenvalue weighted by atomic mass is 32.2. The Morgan fingerprint density at radius 2 is 1.61 bits per heavy atom. The van der Waals surface area contributed by atoms with Crippen LogP contribution in [0.3, 0.4) is 0 Å². The number of hydrogen-bond acceptors (Lipinski definition) is 10. The summed E-state index contributed by atoms with van der Waals surface area (Å²) in [7, 11) is 1.11. The van der Waals surface area contributed by atoms with Crippen molar-refractivity contribution in [3.8, 4) is 0 Å². The molecule has 2 unspecified atom stereocenters. The fourth-order valence-electron chi connectivity index (χ4n) is 3.06. The Labute approximate surface area is 241 Å². The predicted molar refractivity (Wildman–Crippen MR) is 149 cm³/mol. The van der Waals surface area contributed by atoms with E-state index in [1.165, 1.54) is 24.3 Å². The number of alkyl carbamates (subject to hydrolysis) is 1.